The van der Waals surface area contributed by atoms with Crippen molar-refractivity contribution in [3.63, 3.8) is 0 Å². The molecule has 1 aliphatic rings. The van der Waals surface area contributed by atoms with Crippen LogP contribution in [0.2, 0.25) is 0 Å². The van der Waals surface area contributed by atoms with Gasteiger partial charge in [-0.25, -0.2) is 0 Å². The molecule has 1 rings (SSSR count). The van der Waals surface area contributed by atoms with E-state index in [1.807, 2.05) is 0 Å². The van der Waals surface area contributed by atoms with Crippen molar-refractivity contribution in [2.75, 3.05) is 13.1 Å². The highest BCUT2D eigenvalue weighted by molar-refractivity contribution is 5.84. The third kappa shape index (κ3) is 2.07. The van der Waals surface area contributed by atoms with Gasteiger partial charge in [-0.1, -0.05) is 20.3 Å². The summed E-state index contributed by atoms with van der Waals surface area (Å²) < 4.78 is 0. The first kappa shape index (κ1) is 9.72. The molecule has 0 heterocycles. The number of hydrogen-bond donors (Lipinski definition) is 0. The van der Waals surface area contributed by atoms with E-state index in [9.17, 15) is 4.79 Å². The summed E-state index contributed by atoms with van der Waals surface area (Å²) in [5, 5.41) is 0. The Bertz CT molecular complexity index is 152. The van der Waals surface area contributed by atoms with Crippen LogP contribution in [0, 0.1) is 0 Å². The van der Waals surface area contributed by atoms with Crippen molar-refractivity contribution >= 4 is 5.78 Å². The van der Waals surface area contributed by atoms with Gasteiger partial charge in [0.1, 0.15) is 5.78 Å². The second-order valence-corrected chi connectivity index (χ2v) is 3.45. The fourth-order valence-electron chi connectivity index (χ4n) is 2.02. The molecule has 0 N–H and O–H groups in total. The lowest BCUT2D eigenvalue weighted by molar-refractivity contribution is -0.126. The molecule has 0 aromatic heterocycles. The van der Waals surface area contributed by atoms with Crippen molar-refractivity contribution in [1.29, 1.82) is 0 Å². The zero-order chi connectivity index (χ0) is 8.97. The first-order chi connectivity index (χ1) is 5.79. The van der Waals surface area contributed by atoms with Gasteiger partial charge in [-0.05, 0) is 25.9 Å². The van der Waals surface area contributed by atoms with Gasteiger partial charge in [-0.2, -0.15) is 0 Å². The second-order valence-electron chi connectivity index (χ2n) is 3.45. The summed E-state index contributed by atoms with van der Waals surface area (Å²) in [6.45, 7) is 6.27. The van der Waals surface area contributed by atoms with Gasteiger partial charge >= 0.3 is 0 Å². The van der Waals surface area contributed by atoms with Crippen LogP contribution in [0.15, 0.2) is 0 Å². The van der Waals surface area contributed by atoms with Gasteiger partial charge in [0, 0.05) is 6.42 Å². The topological polar surface area (TPSA) is 20.3 Å². The molecule has 0 aliphatic heterocycles. The monoisotopic (exact) mass is 169 g/mol. The zero-order valence-electron chi connectivity index (χ0n) is 8.18. The Hall–Kier alpha value is -0.370. The third-order valence-corrected chi connectivity index (χ3v) is 2.78. The second kappa shape index (κ2) is 4.61. The first-order valence-corrected chi connectivity index (χ1v) is 5.06. The van der Waals surface area contributed by atoms with Crippen LogP contribution < -0.4 is 0 Å². The standard InChI is InChI=1S/C10H19NO/c1-3-11(4-2)9-7-5-6-8-10(9)12/h9H,3-8H2,1-2H3/t9-/m0/s1. The molecule has 0 unspecified atom stereocenters. The van der Waals surface area contributed by atoms with Gasteiger partial charge in [-0.3, -0.25) is 9.69 Å². The third-order valence-electron chi connectivity index (χ3n) is 2.78. The number of carbonyl (C=O) groups is 1. The highest BCUT2D eigenvalue weighted by Gasteiger charge is 2.25. The maximum Gasteiger partial charge on any atom is 0.149 e. The number of Topliss-reactive ketones (excluding diaryl/α,β-unsaturated/α-hetero) is 1. The lowest BCUT2D eigenvalue weighted by atomic mass is 9.93. The molecule has 0 amide bonds. The maximum absolute atomic E-state index is 11.5. The molecule has 1 saturated carbocycles. The van der Waals surface area contributed by atoms with E-state index in [1.54, 1.807) is 0 Å². The molecule has 70 valence electrons. The Labute approximate surface area is 74.9 Å². The smallest absolute Gasteiger partial charge is 0.149 e. The van der Waals surface area contributed by atoms with Crippen molar-refractivity contribution in [2.24, 2.45) is 0 Å². The van der Waals surface area contributed by atoms with Gasteiger partial charge in [0.05, 0.1) is 6.04 Å². The predicted molar refractivity (Wildman–Crippen MR) is 50.2 cm³/mol. The number of rotatable bonds is 3. The molecule has 1 atom stereocenters. The summed E-state index contributed by atoms with van der Waals surface area (Å²) in [5.41, 5.74) is 0. The molecular weight excluding hydrogens is 150 g/mol. The Balaban J connectivity index is 2.51. The summed E-state index contributed by atoms with van der Waals surface area (Å²) in [7, 11) is 0. The van der Waals surface area contributed by atoms with E-state index in [0.29, 0.717) is 5.78 Å². The molecule has 0 saturated heterocycles. The predicted octanol–water partition coefficient (Wildman–Crippen LogP) is 1.84. The van der Waals surface area contributed by atoms with Crippen LogP contribution in [0.3, 0.4) is 0 Å². The van der Waals surface area contributed by atoms with Crippen LogP contribution in [0.5, 0.6) is 0 Å². The van der Waals surface area contributed by atoms with Crippen LogP contribution in [-0.2, 0) is 4.79 Å². The highest BCUT2D eigenvalue weighted by Crippen LogP contribution is 2.19. The fourth-order valence-corrected chi connectivity index (χ4v) is 2.02. The van der Waals surface area contributed by atoms with Gasteiger partial charge in [0.25, 0.3) is 0 Å². The Kier molecular flexibility index (Phi) is 3.73. The molecule has 0 spiro atoms. The van der Waals surface area contributed by atoms with Crippen LogP contribution in [0.1, 0.15) is 39.5 Å². The summed E-state index contributed by atoms with van der Waals surface area (Å²) in [6.07, 6.45) is 4.23. The highest BCUT2D eigenvalue weighted by atomic mass is 16.1. The molecule has 0 aromatic carbocycles. The molecular formula is C10H19NO. The average Bonchev–Trinajstić information content (AvgIpc) is 2.10. The van der Waals surface area contributed by atoms with Crippen LogP contribution >= 0.6 is 0 Å². The van der Waals surface area contributed by atoms with Gasteiger partial charge in [0.2, 0.25) is 0 Å². The van der Waals surface area contributed by atoms with Crippen LogP contribution in [0.4, 0.5) is 0 Å². The number of carbonyl (C=O) groups excluding carboxylic acids is 1. The molecule has 0 aromatic rings. The maximum atomic E-state index is 11.5. The zero-order valence-corrected chi connectivity index (χ0v) is 8.18. The Morgan fingerprint density at radius 1 is 1.33 bits per heavy atom. The number of likely N-dealkylation sites (N-methyl/N-ethyl adjacent to an activating group) is 1. The molecule has 0 bridgehead atoms. The van der Waals surface area contributed by atoms with Crippen molar-refractivity contribution in [2.45, 2.75) is 45.6 Å². The van der Waals surface area contributed by atoms with Gasteiger partial charge < -0.3 is 0 Å². The quantitative estimate of drug-likeness (QED) is 0.642. The lowest BCUT2D eigenvalue weighted by Gasteiger charge is -2.31. The SMILES string of the molecule is CCN(CC)[C@H]1CCCCC1=O. The minimum atomic E-state index is 0.244. The molecule has 12 heavy (non-hydrogen) atoms. The van der Waals surface area contributed by atoms with Crippen molar-refractivity contribution in [3.8, 4) is 0 Å². The largest absolute Gasteiger partial charge is 0.298 e. The summed E-state index contributed by atoms with van der Waals surface area (Å²) in [6, 6.07) is 0.244. The van der Waals surface area contributed by atoms with E-state index >= 15 is 0 Å². The van der Waals surface area contributed by atoms with E-state index in [1.165, 1.54) is 6.42 Å². The van der Waals surface area contributed by atoms with Gasteiger partial charge in [-0.15, -0.1) is 0 Å². The van der Waals surface area contributed by atoms with E-state index in [-0.39, 0.29) is 6.04 Å². The van der Waals surface area contributed by atoms with E-state index in [0.717, 1.165) is 32.4 Å². The minimum absolute atomic E-state index is 0.244. The molecule has 1 fully saturated rings. The molecule has 0 radical (unpaired) electrons. The molecule has 2 heteroatoms. The van der Waals surface area contributed by atoms with Crippen molar-refractivity contribution in [3.05, 3.63) is 0 Å². The van der Waals surface area contributed by atoms with Crippen LogP contribution in [0.25, 0.3) is 0 Å². The lowest BCUT2D eigenvalue weighted by Crippen LogP contribution is -2.42. The normalized spacial score (nSPS) is 24.9. The summed E-state index contributed by atoms with van der Waals surface area (Å²) in [5.74, 6) is 0.463. The summed E-state index contributed by atoms with van der Waals surface area (Å²) in [4.78, 5) is 13.8. The van der Waals surface area contributed by atoms with Crippen molar-refractivity contribution in [1.82, 2.24) is 4.90 Å². The molecule has 1 aliphatic carbocycles. The summed E-state index contributed by atoms with van der Waals surface area (Å²) >= 11 is 0. The number of hydrogen-bond acceptors (Lipinski definition) is 2. The van der Waals surface area contributed by atoms with Crippen molar-refractivity contribution < 1.29 is 4.79 Å². The Morgan fingerprint density at radius 3 is 2.50 bits per heavy atom. The average molecular weight is 169 g/mol. The van der Waals surface area contributed by atoms with E-state index in [4.69, 9.17) is 0 Å². The molecule has 2 nitrogen and oxygen atoms in total. The number of nitrogens with zero attached hydrogens (tertiary/aromatic N) is 1. The van der Waals surface area contributed by atoms with E-state index < -0.39 is 0 Å². The minimum Gasteiger partial charge on any atom is -0.298 e. The van der Waals surface area contributed by atoms with Crippen LogP contribution in [-0.4, -0.2) is 29.8 Å². The number of ketones is 1. The fraction of sp³-hybridized carbons (Fsp3) is 0.900. The van der Waals surface area contributed by atoms with Gasteiger partial charge in [0.15, 0.2) is 0 Å². The Morgan fingerprint density at radius 2 is 2.00 bits per heavy atom. The van der Waals surface area contributed by atoms with E-state index in [2.05, 4.69) is 18.7 Å². The first-order valence-electron chi connectivity index (χ1n) is 5.06.